The lowest BCUT2D eigenvalue weighted by molar-refractivity contribution is -0.111. The second-order valence-electron chi connectivity index (χ2n) is 32.9. The van der Waals surface area contributed by atoms with Crippen LogP contribution in [0.25, 0.3) is 113 Å². The summed E-state index contributed by atoms with van der Waals surface area (Å²) in [5, 5.41) is 17.1. The third-order valence-electron chi connectivity index (χ3n) is 24.5. The highest BCUT2D eigenvalue weighted by Crippen LogP contribution is 2.66. The monoisotopic (exact) mass is 1540 g/mol. The van der Waals surface area contributed by atoms with Crippen LogP contribution in [-0.2, 0) is 30.4 Å². The number of hydrogen-bond acceptors (Lipinski definition) is 17. The Kier molecular flexibility index (Phi) is 21.9. The standard InChI is InChI=1S/C24H28N6.C23H26N6.C22H24N6O.C22H22N6/c1-16-6-3-4-8-18(16)10-12-21-28-23(19-11-13-22-25-15-26-30(22)14-19)24(29-21)20-9-5-7-17(2)27-20;1-16-6-5-9-19(26-16)23-22(18-11-13-21-24-15-25-29(21)14-18)27-20(28-23)12-10-17-7-3-2-4-8-17;1-15-3-2-4-18(25-15)22-21(17-6-8-20-23-14-24-28(20)13-17)26-19(27-22)7-5-16-9-11-29-12-10-16;1-14-3-2-4-17(25-14)21-20(16-5-6-19-23-13-24-28(19)12-16)26-18(27-21)7-8-22-9-15(10-22)11-22/h5,7,9,11,13-16,18H,3-4,6,8,10,12H2,1-2H3,(H,28,29);5-6,9,11,13-15,17H,2-4,7-8,10,12H2,1H3,(H,27,28);2-4,6,8,13-14,16H,5,7,9-12H2,1H3,(H,26,27);2-6,12-13,15H,7-11H2,1H3,(H,26,27). The molecule has 0 radical (unpaired) electrons. The maximum absolute atomic E-state index is 5.49. The van der Waals surface area contributed by atoms with Gasteiger partial charge in [-0.2, -0.15) is 20.4 Å². The third-order valence-corrected chi connectivity index (χ3v) is 24.5. The van der Waals surface area contributed by atoms with E-state index in [0.717, 1.165) is 241 Å². The average Bonchev–Trinajstić information content (AvgIpc) is 0.899. The molecule has 1 aliphatic heterocycles. The minimum Gasteiger partial charge on any atom is -0.381 e. The van der Waals surface area contributed by atoms with Gasteiger partial charge in [0.05, 0.1) is 68.3 Å². The van der Waals surface area contributed by atoms with Gasteiger partial charge >= 0.3 is 0 Å². The second-order valence-corrected chi connectivity index (χ2v) is 32.9. The van der Waals surface area contributed by atoms with Crippen LogP contribution in [0.5, 0.6) is 0 Å². The van der Waals surface area contributed by atoms with E-state index in [9.17, 15) is 0 Å². The summed E-state index contributed by atoms with van der Waals surface area (Å²) in [5.41, 5.74) is 23.2. The number of pyridine rings is 8. The van der Waals surface area contributed by atoms with Crippen molar-refractivity contribution in [2.45, 2.75) is 176 Å². The Morgan fingerprint density at radius 1 is 0.362 bits per heavy atom. The molecule has 5 saturated carbocycles. The molecule has 5 aliphatic carbocycles. The number of ether oxygens (including phenoxy) is 1. The smallest absolute Gasteiger partial charge is 0.155 e. The Hall–Kier alpha value is -12.1. The molecule has 0 amide bonds. The molecule has 25 heteroatoms. The van der Waals surface area contributed by atoms with E-state index in [1.54, 1.807) is 43.4 Å². The molecule has 17 heterocycles. The SMILES string of the molecule is Cc1cccc(-c2[nH]c(CCC34CC(C3)C4)nc2-c2ccc3ncnn3c2)n1.Cc1cccc(-c2[nH]c(CCC3CCCCC3)nc2-c2ccc3ncnn3c2)n1.Cc1cccc(-c2[nH]c(CCC3CCCCC3C)nc2-c2ccc3ncnn3c2)n1.Cc1cccc(-c2[nH]c(CCC3CCOCC3)nc2-c2ccc3ncnn3c2)n1. The molecule has 6 aliphatic rings. The van der Waals surface area contributed by atoms with Crippen LogP contribution >= 0.6 is 0 Å². The van der Waals surface area contributed by atoms with Gasteiger partial charge in [-0.3, -0.25) is 19.9 Å². The molecule has 116 heavy (non-hydrogen) atoms. The van der Waals surface area contributed by atoms with E-state index in [2.05, 4.69) is 85.4 Å². The number of hydrogen-bond donors (Lipinski definition) is 4. The van der Waals surface area contributed by atoms with Crippen LogP contribution in [0, 0.1) is 62.7 Å². The molecule has 2 atom stereocenters. The number of aryl methyl sites for hydroxylation is 8. The van der Waals surface area contributed by atoms with Gasteiger partial charge in [0.1, 0.15) is 48.6 Å². The molecule has 0 aromatic carbocycles. The summed E-state index contributed by atoms with van der Waals surface area (Å²) in [4.78, 5) is 70.2. The lowest BCUT2D eigenvalue weighted by Gasteiger charge is -2.62. The third kappa shape index (κ3) is 17.0. The highest BCUT2D eigenvalue weighted by Gasteiger charge is 2.55. The summed E-state index contributed by atoms with van der Waals surface area (Å²) in [6.45, 7) is 12.2. The van der Waals surface area contributed by atoms with Gasteiger partial charge in [0.2, 0.25) is 0 Å². The van der Waals surface area contributed by atoms with E-state index in [4.69, 9.17) is 44.6 Å². The fraction of sp³-hybridized carbons (Fsp3) is 0.385. The van der Waals surface area contributed by atoms with Crippen molar-refractivity contribution < 1.29 is 4.74 Å². The summed E-state index contributed by atoms with van der Waals surface area (Å²) in [6, 6.07) is 40.5. The zero-order valence-electron chi connectivity index (χ0n) is 66.9. The van der Waals surface area contributed by atoms with E-state index in [1.165, 1.54) is 96.3 Å². The molecule has 22 rings (SSSR count). The Balaban J connectivity index is 0.000000107. The van der Waals surface area contributed by atoms with E-state index >= 15 is 0 Å². The highest BCUT2D eigenvalue weighted by molar-refractivity contribution is 5.80. The lowest BCUT2D eigenvalue weighted by atomic mass is 9.43. The van der Waals surface area contributed by atoms with Crippen LogP contribution in [0.15, 0.2) is 171 Å². The summed E-state index contributed by atoms with van der Waals surface area (Å²) >= 11 is 0. The minimum atomic E-state index is 0.624. The molecule has 25 nitrogen and oxygen atoms in total. The Morgan fingerprint density at radius 2 is 0.698 bits per heavy atom. The molecule has 16 aromatic heterocycles. The largest absolute Gasteiger partial charge is 0.381 e. The number of aromatic amines is 4. The maximum atomic E-state index is 5.49. The van der Waals surface area contributed by atoms with Crippen LogP contribution in [0.4, 0.5) is 0 Å². The Bertz CT molecular complexity index is 5860. The van der Waals surface area contributed by atoms with Crippen LogP contribution in [0.3, 0.4) is 0 Å². The first-order chi connectivity index (χ1) is 56.9. The Morgan fingerprint density at radius 3 is 1.04 bits per heavy atom. The van der Waals surface area contributed by atoms with Crippen LogP contribution in [0.1, 0.15) is 169 Å². The zero-order chi connectivity index (χ0) is 78.5. The summed E-state index contributed by atoms with van der Waals surface area (Å²) in [5.74, 6) is 8.34. The molecule has 4 N–H and O–H groups in total. The van der Waals surface area contributed by atoms with Gasteiger partial charge in [-0.15, -0.1) is 0 Å². The van der Waals surface area contributed by atoms with Gasteiger partial charge < -0.3 is 24.7 Å². The maximum Gasteiger partial charge on any atom is 0.155 e. The Labute approximate surface area is 674 Å². The fourth-order valence-electron chi connectivity index (χ4n) is 18.0. The van der Waals surface area contributed by atoms with E-state index in [1.807, 2.05) is 156 Å². The van der Waals surface area contributed by atoms with Crippen molar-refractivity contribution in [3.8, 4) is 90.6 Å². The van der Waals surface area contributed by atoms with Crippen LogP contribution in [0.2, 0.25) is 0 Å². The number of rotatable bonds is 20. The second kappa shape index (κ2) is 33.7. The highest BCUT2D eigenvalue weighted by atomic mass is 16.5. The van der Waals surface area contributed by atoms with Crippen LogP contribution in [-0.4, -0.2) is 131 Å². The molecule has 590 valence electrons. The number of imidazole rings is 4. The lowest BCUT2D eigenvalue weighted by Crippen LogP contribution is -2.51. The van der Waals surface area contributed by atoms with Crippen molar-refractivity contribution in [1.82, 2.24) is 118 Å². The molecule has 0 spiro atoms. The normalized spacial score (nSPS) is 18.1. The van der Waals surface area contributed by atoms with E-state index < -0.39 is 0 Å². The van der Waals surface area contributed by atoms with Gasteiger partial charge in [0.15, 0.2) is 22.6 Å². The first-order valence-electron chi connectivity index (χ1n) is 41.8. The van der Waals surface area contributed by atoms with E-state index in [-0.39, 0.29) is 0 Å². The van der Waals surface area contributed by atoms with Crippen molar-refractivity contribution in [1.29, 1.82) is 0 Å². The van der Waals surface area contributed by atoms with Crippen molar-refractivity contribution in [3.63, 3.8) is 0 Å². The van der Waals surface area contributed by atoms with E-state index in [0.29, 0.717) is 11.3 Å². The van der Waals surface area contributed by atoms with Crippen molar-refractivity contribution in [2.24, 2.45) is 35.0 Å². The molecular weight excluding hydrogens is 1450 g/mol. The number of H-pyrrole nitrogens is 4. The summed E-state index contributed by atoms with van der Waals surface area (Å²) < 4.78 is 12.6. The number of nitrogens with zero attached hydrogens (tertiary/aromatic N) is 20. The van der Waals surface area contributed by atoms with Crippen molar-refractivity contribution in [2.75, 3.05) is 13.2 Å². The predicted molar refractivity (Wildman–Crippen MR) is 448 cm³/mol. The quantitative estimate of drug-likeness (QED) is 0.0551. The summed E-state index contributed by atoms with van der Waals surface area (Å²) in [7, 11) is 0. The number of aromatic nitrogens is 24. The number of nitrogens with one attached hydrogen (secondary N) is 4. The first kappa shape index (κ1) is 75.2. The first-order valence-corrected chi connectivity index (χ1v) is 41.8. The zero-order valence-corrected chi connectivity index (χ0v) is 66.9. The van der Waals surface area contributed by atoms with Crippen molar-refractivity contribution in [3.05, 3.63) is 217 Å². The molecule has 2 bridgehead atoms. The molecule has 6 fully saturated rings. The van der Waals surface area contributed by atoms with Gasteiger partial charge in [0, 0.05) is 109 Å². The minimum absolute atomic E-state index is 0.624. The van der Waals surface area contributed by atoms with Crippen molar-refractivity contribution >= 4 is 22.6 Å². The van der Waals surface area contributed by atoms with Crippen LogP contribution < -0.4 is 0 Å². The fourth-order valence-corrected chi connectivity index (χ4v) is 18.0. The molecule has 2 unspecified atom stereocenters. The predicted octanol–water partition coefficient (Wildman–Crippen LogP) is 18.3. The van der Waals surface area contributed by atoms with Gasteiger partial charge in [0.25, 0.3) is 0 Å². The average molecular weight is 1550 g/mol. The van der Waals surface area contributed by atoms with Gasteiger partial charge in [-0.25, -0.2) is 57.9 Å². The van der Waals surface area contributed by atoms with Gasteiger partial charge in [-0.05, 0) is 218 Å². The summed E-state index contributed by atoms with van der Waals surface area (Å²) in [6.07, 6.45) is 41.8. The molecule has 16 aromatic rings. The molecule has 1 saturated heterocycles. The number of fused-ring (bicyclic) bond motifs is 4. The molecular formula is C91H100N24O. The van der Waals surface area contributed by atoms with Gasteiger partial charge in [-0.1, -0.05) is 89.0 Å². The topological polar surface area (TPSA) is 296 Å².